The van der Waals surface area contributed by atoms with Gasteiger partial charge < -0.3 is 9.64 Å². The number of ether oxygens (including phenoxy) is 1. The van der Waals surface area contributed by atoms with E-state index in [2.05, 4.69) is 38.6 Å². The molecule has 0 aliphatic carbocycles. The Hall–Kier alpha value is -3.85. The lowest BCUT2D eigenvalue weighted by Gasteiger charge is -2.28. The molecule has 7 heteroatoms. The Labute approximate surface area is 228 Å². The van der Waals surface area contributed by atoms with E-state index in [-0.39, 0.29) is 5.91 Å². The van der Waals surface area contributed by atoms with E-state index in [0.717, 1.165) is 45.5 Å². The Morgan fingerprint density at radius 1 is 0.946 bits per heavy atom. The van der Waals surface area contributed by atoms with Crippen molar-refractivity contribution >= 4 is 39.4 Å². The number of rotatable bonds is 5. The molecular weight excluding hydrogens is 575 g/mol. The van der Waals surface area contributed by atoms with Gasteiger partial charge in [-0.25, -0.2) is 9.97 Å². The first-order valence-electron chi connectivity index (χ1n) is 12.1. The molecule has 0 unspecified atom stereocenters. The molecule has 0 saturated carbocycles. The van der Waals surface area contributed by atoms with Crippen molar-refractivity contribution in [2.75, 3.05) is 6.54 Å². The number of para-hydroxylation sites is 1. The molecule has 0 bridgehead atoms. The second kappa shape index (κ2) is 10.3. The van der Waals surface area contributed by atoms with Gasteiger partial charge in [0.05, 0.1) is 17.8 Å². The van der Waals surface area contributed by atoms with Gasteiger partial charge in [0.25, 0.3) is 5.91 Å². The van der Waals surface area contributed by atoms with Crippen molar-refractivity contribution in [3.8, 4) is 17.1 Å². The number of carbonyl (C=O) groups is 1. The van der Waals surface area contributed by atoms with Crippen LogP contribution < -0.4 is 4.74 Å². The molecule has 6 rings (SSSR count). The highest BCUT2D eigenvalue weighted by Gasteiger charge is 2.24. The predicted molar refractivity (Wildman–Crippen MR) is 151 cm³/mol. The second-order valence-corrected chi connectivity index (χ2v) is 10.2. The summed E-state index contributed by atoms with van der Waals surface area (Å²) in [6, 6.07) is 25.6. The van der Waals surface area contributed by atoms with Crippen LogP contribution in [0.25, 0.3) is 22.3 Å². The van der Waals surface area contributed by atoms with Crippen molar-refractivity contribution in [3.63, 3.8) is 0 Å². The van der Waals surface area contributed by atoms with E-state index in [0.29, 0.717) is 31.1 Å². The molecule has 37 heavy (non-hydrogen) atoms. The molecule has 0 saturated heterocycles. The Balaban J connectivity index is 1.15. The number of amides is 1. The minimum Gasteiger partial charge on any atom is -0.489 e. The number of hydrogen-bond donors (Lipinski definition) is 0. The van der Waals surface area contributed by atoms with E-state index < -0.39 is 0 Å². The maximum absolute atomic E-state index is 13.3. The molecule has 0 atom stereocenters. The molecule has 0 N–H and O–H groups in total. The summed E-state index contributed by atoms with van der Waals surface area (Å²) in [4.78, 5) is 29.1. The Morgan fingerprint density at radius 2 is 1.76 bits per heavy atom. The Kier molecular flexibility index (Phi) is 6.53. The van der Waals surface area contributed by atoms with Gasteiger partial charge in [-0.05, 0) is 88.7 Å². The zero-order valence-electron chi connectivity index (χ0n) is 20.0. The monoisotopic (exact) mass is 598 g/mol. The first kappa shape index (κ1) is 23.5. The maximum atomic E-state index is 13.3. The molecule has 0 fully saturated rings. The lowest BCUT2D eigenvalue weighted by molar-refractivity contribution is 0.0731. The lowest BCUT2D eigenvalue weighted by Crippen LogP contribution is -2.36. The summed E-state index contributed by atoms with van der Waals surface area (Å²) in [5, 5.41) is 1.05. The van der Waals surface area contributed by atoms with Gasteiger partial charge in [-0.15, -0.1) is 0 Å². The highest BCUT2D eigenvalue weighted by Crippen LogP contribution is 2.24. The quantitative estimate of drug-likeness (QED) is 0.230. The minimum absolute atomic E-state index is 0.00304. The molecule has 3 aromatic carbocycles. The smallest absolute Gasteiger partial charge is 0.254 e. The zero-order chi connectivity index (χ0) is 25.2. The fraction of sp³-hybridized carbons (Fsp3) is 0.133. The summed E-state index contributed by atoms with van der Waals surface area (Å²) < 4.78 is 7.02. The van der Waals surface area contributed by atoms with Crippen molar-refractivity contribution in [1.82, 2.24) is 19.9 Å². The zero-order valence-corrected chi connectivity index (χ0v) is 22.1. The van der Waals surface area contributed by atoms with Crippen LogP contribution in [0.1, 0.15) is 27.2 Å². The maximum Gasteiger partial charge on any atom is 0.254 e. The molecular formula is C30H23IN4O2. The van der Waals surface area contributed by atoms with Crippen LogP contribution in [0, 0.1) is 3.57 Å². The van der Waals surface area contributed by atoms with E-state index in [1.165, 1.54) is 3.57 Å². The molecule has 6 nitrogen and oxygen atoms in total. The number of aromatic nitrogens is 3. The van der Waals surface area contributed by atoms with Gasteiger partial charge in [-0.3, -0.25) is 9.78 Å². The van der Waals surface area contributed by atoms with Crippen molar-refractivity contribution in [3.05, 3.63) is 117 Å². The van der Waals surface area contributed by atoms with Gasteiger partial charge in [0, 0.05) is 39.0 Å². The van der Waals surface area contributed by atoms with Crippen LogP contribution in [-0.4, -0.2) is 32.3 Å². The Bertz CT molecular complexity index is 1590. The topological polar surface area (TPSA) is 68.2 Å². The lowest BCUT2D eigenvalue weighted by atomic mass is 10.0. The first-order valence-corrected chi connectivity index (χ1v) is 13.2. The SMILES string of the molecule is O=C(c1ccc(COc2ccc(I)cc2)cc1)N1CCc2cnc(-c3cnc4ccccc4c3)nc2C1. The van der Waals surface area contributed by atoms with Crippen LogP contribution in [-0.2, 0) is 19.6 Å². The van der Waals surface area contributed by atoms with Gasteiger partial charge in [0.15, 0.2) is 5.82 Å². The molecule has 1 amide bonds. The van der Waals surface area contributed by atoms with Crippen LogP contribution in [0.3, 0.4) is 0 Å². The second-order valence-electron chi connectivity index (χ2n) is 9.00. The van der Waals surface area contributed by atoms with Gasteiger partial charge in [0.1, 0.15) is 12.4 Å². The Morgan fingerprint density at radius 3 is 2.59 bits per heavy atom. The van der Waals surface area contributed by atoms with Crippen molar-refractivity contribution in [2.45, 2.75) is 19.6 Å². The van der Waals surface area contributed by atoms with E-state index in [4.69, 9.17) is 9.72 Å². The summed E-state index contributed by atoms with van der Waals surface area (Å²) in [7, 11) is 0. The summed E-state index contributed by atoms with van der Waals surface area (Å²) in [6.07, 6.45) is 4.43. The van der Waals surface area contributed by atoms with E-state index in [1.54, 1.807) is 6.20 Å². The van der Waals surface area contributed by atoms with Gasteiger partial charge >= 0.3 is 0 Å². The standard InChI is InChI=1S/C30H23IN4O2/c31-25-9-11-26(12-10-25)37-19-20-5-7-21(8-6-20)30(36)35-14-13-23-16-33-29(34-28(23)18-35)24-15-22-3-1-2-4-27(22)32-17-24/h1-12,15-17H,13-14,18-19H2. The summed E-state index contributed by atoms with van der Waals surface area (Å²) in [6.45, 7) is 1.56. The highest BCUT2D eigenvalue weighted by molar-refractivity contribution is 14.1. The van der Waals surface area contributed by atoms with E-state index >= 15 is 0 Å². The molecule has 2 aromatic heterocycles. The van der Waals surface area contributed by atoms with Crippen LogP contribution >= 0.6 is 22.6 Å². The molecule has 3 heterocycles. The predicted octanol–water partition coefficient (Wildman–Crippen LogP) is 6.07. The van der Waals surface area contributed by atoms with Crippen molar-refractivity contribution < 1.29 is 9.53 Å². The number of fused-ring (bicyclic) bond motifs is 2. The first-order chi connectivity index (χ1) is 18.1. The third-order valence-electron chi connectivity index (χ3n) is 6.50. The average Bonchev–Trinajstić information content (AvgIpc) is 2.96. The molecule has 182 valence electrons. The largest absolute Gasteiger partial charge is 0.489 e. The number of halogens is 1. The van der Waals surface area contributed by atoms with Gasteiger partial charge in [0.2, 0.25) is 0 Å². The number of pyridine rings is 1. The minimum atomic E-state index is 0.00304. The molecule has 1 aliphatic heterocycles. The number of benzene rings is 3. The third-order valence-corrected chi connectivity index (χ3v) is 7.22. The molecule has 5 aromatic rings. The highest BCUT2D eigenvalue weighted by atomic mass is 127. The average molecular weight is 598 g/mol. The molecule has 1 aliphatic rings. The molecule has 0 radical (unpaired) electrons. The number of nitrogens with zero attached hydrogens (tertiary/aromatic N) is 4. The van der Waals surface area contributed by atoms with Gasteiger partial charge in [-0.1, -0.05) is 30.3 Å². The summed E-state index contributed by atoms with van der Waals surface area (Å²) >= 11 is 2.27. The normalized spacial score (nSPS) is 12.8. The van der Waals surface area contributed by atoms with E-state index in [9.17, 15) is 4.79 Å². The van der Waals surface area contributed by atoms with Crippen LogP contribution in [0.4, 0.5) is 0 Å². The fourth-order valence-corrected chi connectivity index (χ4v) is 4.79. The third kappa shape index (κ3) is 5.17. The van der Waals surface area contributed by atoms with Crippen molar-refractivity contribution in [2.24, 2.45) is 0 Å². The van der Waals surface area contributed by atoms with E-state index in [1.807, 2.05) is 83.9 Å². The van der Waals surface area contributed by atoms with Crippen LogP contribution in [0.15, 0.2) is 91.3 Å². The summed E-state index contributed by atoms with van der Waals surface area (Å²) in [5.41, 5.74) is 5.46. The number of hydrogen-bond acceptors (Lipinski definition) is 5. The van der Waals surface area contributed by atoms with Crippen LogP contribution in [0.5, 0.6) is 5.75 Å². The fourth-order valence-electron chi connectivity index (χ4n) is 4.43. The molecule has 0 spiro atoms. The van der Waals surface area contributed by atoms with Crippen LogP contribution in [0.2, 0.25) is 0 Å². The van der Waals surface area contributed by atoms with Crippen molar-refractivity contribution in [1.29, 1.82) is 0 Å². The van der Waals surface area contributed by atoms with Gasteiger partial charge in [-0.2, -0.15) is 0 Å². The summed E-state index contributed by atoms with van der Waals surface area (Å²) in [5.74, 6) is 1.46. The number of carbonyl (C=O) groups excluding carboxylic acids is 1.